The van der Waals surface area contributed by atoms with E-state index in [9.17, 15) is 9.90 Å². The first-order valence-electron chi connectivity index (χ1n) is 9.54. The van der Waals surface area contributed by atoms with Crippen LogP contribution in [0.25, 0.3) is 0 Å². The van der Waals surface area contributed by atoms with Crippen molar-refractivity contribution in [2.75, 3.05) is 13.7 Å². The van der Waals surface area contributed by atoms with Gasteiger partial charge in [-0.3, -0.25) is 9.69 Å². The third-order valence-corrected chi connectivity index (χ3v) is 6.06. The Bertz CT molecular complexity index is 638. The Kier molecular flexibility index (Phi) is 4.46. The minimum absolute atomic E-state index is 0.0461. The van der Waals surface area contributed by atoms with Crippen molar-refractivity contribution in [3.05, 3.63) is 29.8 Å². The Labute approximate surface area is 149 Å². The predicted octanol–water partition coefficient (Wildman–Crippen LogP) is 2.39. The van der Waals surface area contributed by atoms with E-state index in [4.69, 9.17) is 4.74 Å². The molecule has 0 radical (unpaired) electrons. The number of hydrogen-bond acceptors (Lipinski definition) is 4. The molecule has 4 rings (SSSR count). The summed E-state index contributed by atoms with van der Waals surface area (Å²) in [4.78, 5) is 15.2. The maximum atomic E-state index is 12.7. The van der Waals surface area contributed by atoms with E-state index in [2.05, 4.69) is 22.3 Å². The highest BCUT2D eigenvalue weighted by atomic mass is 16.5. The highest BCUT2D eigenvalue weighted by Crippen LogP contribution is 2.42. The molecule has 2 unspecified atom stereocenters. The van der Waals surface area contributed by atoms with Crippen molar-refractivity contribution in [3.8, 4) is 5.75 Å². The third-order valence-electron chi connectivity index (χ3n) is 6.06. The smallest absolute Gasteiger partial charge is 0.252 e. The number of carbonyl (C=O) groups excluding carboxylic acids is 1. The molecule has 1 aromatic rings. The van der Waals surface area contributed by atoms with E-state index in [1.165, 1.54) is 18.4 Å². The molecule has 2 aliphatic carbocycles. The van der Waals surface area contributed by atoms with Gasteiger partial charge in [-0.15, -0.1) is 0 Å². The maximum absolute atomic E-state index is 12.7. The summed E-state index contributed by atoms with van der Waals surface area (Å²) in [6.07, 6.45) is 6.45. The molecular weight excluding hydrogens is 316 g/mol. The number of amides is 1. The Hall–Kier alpha value is -1.59. The van der Waals surface area contributed by atoms with Gasteiger partial charge in [-0.2, -0.15) is 0 Å². The van der Waals surface area contributed by atoms with E-state index in [0.717, 1.165) is 31.6 Å². The normalized spacial score (nSPS) is 28.9. The topological polar surface area (TPSA) is 61.8 Å². The van der Waals surface area contributed by atoms with Gasteiger partial charge in [0.25, 0.3) is 5.91 Å². The summed E-state index contributed by atoms with van der Waals surface area (Å²) in [6.45, 7) is 0.996. The van der Waals surface area contributed by atoms with Crippen LogP contribution in [-0.4, -0.2) is 47.3 Å². The first kappa shape index (κ1) is 16.9. The fraction of sp³-hybridized carbons (Fsp3) is 0.650. The molecule has 2 N–H and O–H groups in total. The minimum atomic E-state index is -1.16. The fourth-order valence-corrected chi connectivity index (χ4v) is 4.52. The molecule has 25 heavy (non-hydrogen) atoms. The molecule has 1 aromatic carbocycles. The summed E-state index contributed by atoms with van der Waals surface area (Å²) in [5, 5.41) is 13.8. The second kappa shape index (κ2) is 6.61. The summed E-state index contributed by atoms with van der Waals surface area (Å²) in [5.74, 6) is 0.667. The lowest BCUT2D eigenvalue weighted by Gasteiger charge is -2.31. The minimum Gasteiger partial charge on any atom is -0.497 e. The summed E-state index contributed by atoms with van der Waals surface area (Å²) in [6, 6.07) is 9.01. The summed E-state index contributed by atoms with van der Waals surface area (Å²) in [7, 11) is 1.68. The van der Waals surface area contributed by atoms with Crippen molar-refractivity contribution < 1.29 is 14.6 Å². The van der Waals surface area contributed by atoms with Crippen LogP contribution in [0, 0.1) is 0 Å². The van der Waals surface area contributed by atoms with Crippen LogP contribution in [0.3, 0.4) is 0 Å². The molecule has 2 saturated carbocycles. The molecule has 3 aliphatic rings. The Morgan fingerprint density at radius 2 is 2.04 bits per heavy atom. The number of aliphatic hydroxyl groups is 1. The van der Waals surface area contributed by atoms with Crippen molar-refractivity contribution in [1.29, 1.82) is 0 Å². The quantitative estimate of drug-likeness (QED) is 0.861. The Morgan fingerprint density at radius 3 is 2.72 bits per heavy atom. The molecule has 1 aliphatic heterocycles. The first-order valence-corrected chi connectivity index (χ1v) is 9.54. The maximum Gasteiger partial charge on any atom is 0.252 e. The number of methoxy groups -OCH3 is 1. The van der Waals surface area contributed by atoms with Crippen LogP contribution >= 0.6 is 0 Å². The number of hydrogen-bond donors (Lipinski definition) is 2. The molecule has 5 heteroatoms. The van der Waals surface area contributed by atoms with E-state index in [-0.39, 0.29) is 18.0 Å². The average Bonchev–Trinajstić information content (AvgIpc) is 3.24. The number of likely N-dealkylation sites (tertiary alicyclic amines) is 1. The van der Waals surface area contributed by atoms with Crippen molar-refractivity contribution >= 4 is 5.91 Å². The van der Waals surface area contributed by atoms with Crippen LogP contribution in [0.1, 0.15) is 56.6 Å². The van der Waals surface area contributed by atoms with Crippen molar-refractivity contribution in [2.24, 2.45) is 0 Å². The second-order valence-corrected chi connectivity index (χ2v) is 7.80. The molecule has 0 bridgehead atoms. The van der Waals surface area contributed by atoms with Gasteiger partial charge < -0.3 is 15.2 Å². The number of ether oxygens (including phenoxy) is 1. The van der Waals surface area contributed by atoms with Gasteiger partial charge in [-0.05, 0) is 62.6 Å². The Morgan fingerprint density at radius 1 is 1.28 bits per heavy atom. The molecule has 2 atom stereocenters. The van der Waals surface area contributed by atoms with Crippen LogP contribution in [0.15, 0.2) is 24.3 Å². The van der Waals surface area contributed by atoms with Gasteiger partial charge in [-0.1, -0.05) is 12.1 Å². The van der Waals surface area contributed by atoms with Crippen LogP contribution in [0.4, 0.5) is 0 Å². The van der Waals surface area contributed by atoms with Crippen molar-refractivity contribution in [2.45, 2.75) is 68.7 Å². The lowest BCUT2D eigenvalue weighted by Crippen LogP contribution is -2.50. The molecule has 0 aromatic heterocycles. The van der Waals surface area contributed by atoms with Crippen LogP contribution in [0.5, 0.6) is 5.75 Å². The van der Waals surface area contributed by atoms with Gasteiger partial charge >= 0.3 is 0 Å². The van der Waals surface area contributed by atoms with E-state index < -0.39 is 5.60 Å². The Balaban J connectivity index is 1.56. The number of rotatable bonds is 5. The highest BCUT2D eigenvalue weighted by molar-refractivity contribution is 5.85. The van der Waals surface area contributed by atoms with Gasteiger partial charge in [0.05, 0.1) is 13.2 Å². The largest absolute Gasteiger partial charge is 0.497 e. The van der Waals surface area contributed by atoms with E-state index in [0.29, 0.717) is 18.9 Å². The summed E-state index contributed by atoms with van der Waals surface area (Å²) < 4.78 is 5.39. The lowest BCUT2D eigenvalue weighted by molar-refractivity contribution is -0.140. The van der Waals surface area contributed by atoms with E-state index >= 15 is 0 Å². The highest BCUT2D eigenvalue weighted by Gasteiger charge is 2.46. The number of nitrogens with zero attached hydrogens (tertiary/aromatic N) is 1. The van der Waals surface area contributed by atoms with Crippen molar-refractivity contribution in [3.63, 3.8) is 0 Å². The number of benzene rings is 1. The molecule has 1 heterocycles. The number of nitrogens with one attached hydrogen (secondary N) is 1. The van der Waals surface area contributed by atoms with Gasteiger partial charge in [0.1, 0.15) is 11.4 Å². The number of carbonyl (C=O) groups is 1. The van der Waals surface area contributed by atoms with Crippen LogP contribution in [-0.2, 0) is 4.79 Å². The first-order chi connectivity index (χ1) is 12.1. The molecule has 3 fully saturated rings. The SMILES string of the molecule is COc1cccc(C2C(NC(=O)C3(O)CCCC3)CCN2C2CC2)c1. The monoisotopic (exact) mass is 344 g/mol. The van der Waals surface area contributed by atoms with Crippen LogP contribution in [0.2, 0.25) is 0 Å². The summed E-state index contributed by atoms with van der Waals surface area (Å²) in [5.41, 5.74) is 0.0267. The average molecular weight is 344 g/mol. The zero-order valence-corrected chi connectivity index (χ0v) is 14.9. The van der Waals surface area contributed by atoms with Gasteiger partial charge in [-0.25, -0.2) is 0 Å². The van der Waals surface area contributed by atoms with Gasteiger partial charge in [0, 0.05) is 18.6 Å². The predicted molar refractivity (Wildman–Crippen MR) is 95.4 cm³/mol. The molecule has 1 amide bonds. The zero-order valence-electron chi connectivity index (χ0n) is 14.9. The summed E-state index contributed by atoms with van der Waals surface area (Å²) >= 11 is 0. The molecule has 5 nitrogen and oxygen atoms in total. The lowest BCUT2D eigenvalue weighted by atomic mass is 9.96. The van der Waals surface area contributed by atoms with E-state index in [1.807, 2.05) is 12.1 Å². The standard InChI is InChI=1S/C20H28N2O3/c1-25-16-6-4-5-14(13-16)18-17(9-12-22(18)15-7-8-15)21-19(23)20(24)10-2-3-11-20/h4-6,13,15,17-18,24H,2-3,7-12H2,1H3,(H,21,23). The molecule has 136 valence electrons. The van der Waals surface area contributed by atoms with E-state index in [1.54, 1.807) is 7.11 Å². The second-order valence-electron chi connectivity index (χ2n) is 7.80. The van der Waals surface area contributed by atoms with Gasteiger partial charge in [0.2, 0.25) is 0 Å². The van der Waals surface area contributed by atoms with Gasteiger partial charge in [0.15, 0.2) is 0 Å². The molecule has 0 spiro atoms. The van der Waals surface area contributed by atoms with Crippen LogP contribution < -0.4 is 10.1 Å². The molecule has 1 saturated heterocycles. The third kappa shape index (κ3) is 3.27. The fourth-order valence-electron chi connectivity index (χ4n) is 4.52. The zero-order chi connectivity index (χ0) is 17.4. The van der Waals surface area contributed by atoms with Crippen molar-refractivity contribution in [1.82, 2.24) is 10.2 Å². The molecular formula is C20H28N2O3.